The lowest BCUT2D eigenvalue weighted by Gasteiger charge is -2.32. The van der Waals surface area contributed by atoms with Crippen molar-refractivity contribution >= 4 is 26.5 Å². The van der Waals surface area contributed by atoms with Crippen LogP contribution in [0.2, 0.25) is 0 Å². The Labute approximate surface area is 224 Å². The Hall–Kier alpha value is -3.16. The molecular formula is C28H38NO8P. The summed E-state index contributed by atoms with van der Waals surface area (Å²) in [6.45, 7) is 5.29. The zero-order valence-electron chi connectivity index (χ0n) is 22.1. The van der Waals surface area contributed by atoms with E-state index in [2.05, 4.69) is 5.32 Å². The molecule has 0 saturated heterocycles. The number of nitrogens with one attached hydrogen (secondary N) is 1. The molecule has 0 aliphatic carbocycles. The van der Waals surface area contributed by atoms with Crippen molar-refractivity contribution in [1.82, 2.24) is 5.32 Å². The number of aliphatic hydroxyl groups is 1. The van der Waals surface area contributed by atoms with Gasteiger partial charge in [0, 0.05) is 19.4 Å². The maximum absolute atomic E-state index is 13.4. The van der Waals surface area contributed by atoms with Gasteiger partial charge in [-0.2, -0.15) is 0 Å². The van der Waals surface area contributed by atoms with E-state index in [0.717, 1.165) is 11.1 Å². The van der Waals surface area contributed by atoms with Crippen molar-refractivity contribution in [2.45, 2.75) is 69.9 Å². The van der Waals surface area contributed by atoms with E-state index in [-0.39, 0.29) is 25.8 Å². The minimum atomic E-state index is -1.98. The fourth-order valence-corrected chi connectivity index (χ4v) is 4.77. The summed E-state index contributed by atoms with van der Waals surface area (Å²) in [5.74, 6) is -3.29. The lowest BCUT2D eigenvalue weighted by Crippen LogP contribution is -2.40. The Morgan fingerprint density at radius 3 is 2.16 bits per heavy atom. The van der Waals surface area contributed by atoms with Gasteiger partial charge in [0.25, 0.3) is 0 Å². The van der Waals surface area contributed by atoms with Crippen LogP contribution in [0.3, 0.4) is 0 Å². The first kappa shape index (κ1) is 31.1. The highest BCUT2D eigenvalue weighted by atomic mass is 31.1. The molecule has 0 aliphatic rings. The summed E-state index contributed by atoms with van der Waals surface area (Å²) >= 11 is 0. The number of rotatable bonds is 14. The van der Waals surface area contributed by atoms with Gasteiger partial charge in [-0.1, -0.05) is 60.7 Å². The third-order valence-electron chi connectivity index (χ3n) is 5.85. The number of benzene rings is 2. The largest absolute Gasteiger partial charge is 0.481 e. The molecule has 4 unspecified atom stereocenters. The van der Waals surface area contributed by atoms with Crippen molar-refractivity contribution in [3.05, 3.63) is 71.8 Å². The highest BCUT2D eigenvalue weighted by molar-refractivity contribution is 7.25. The van der Waals surface area contributed by atoms with Crippen LogP contribution in [0.4, 0.5) is 4.79 Å². The number of amides is 1. The number of alkyl carbamates (subject to hydrolysis) is 1. The van der Waals surface area contributed by atoms with Crippen LogP contribution in [-0.4, -0.2) is 45.7 Å². The smallest absolute Gasteiger partial charge is 0.407 e. The molecule has 0 spiro atoms. The van der Waals surface area contributed by atoms with Crippen LogP contribution < -0.4 is 5.32 Å². The minimum absolute atomic E-state index is 0.101. The van der Waals surface area contributed by atoms with Crippen LogP contribution in [0.1, 0.15) is 63.7 Å². The molecule has 3 N–H and O–H groups in total. The Kier molecular flexibility index (Phi) is 12.0. The molecule has 0 bridgehead atoms. The third-order valence-corrected chi connectivity index (χ3v) is 6.95. The Balaban J connectivity index is 2.19. The van der Waals surface area contributed by atoms with Gasteiger partial charge >= 0.3 is 18.0 Å². The van der Waals surface area contributed by atoms with Crippen molar-refractivity contribution in [2.75, 3.05) is 6.54 Å². The number of ether oxygens (including phenoxy) is 2. The van der Waals surface area contributed by atoms with Gasteiger partial charge in [0.05, 0.1) is 14.4 Å². The molecule has 2 rings (SSSR count). The fourth-order valence-electron chi connectivity index (χ4n) is 3.98. The summed E-state index contributed by atoms with van der Waals surface area (Å²) in [6, 6.07) is 18.6. The van der Waals surface area contributed by atoms with Gasteiger partial charge in [-0.25, -0.2) is 4.79 Å². The van der Waals surface area contributed by atoms with E-state index < -0.39 is 55.9 Å². The number of carboxylic acids is 1. The predicted molar refractivity (Wildman–Crippen MR) is 145 cm³/mol. The quantitative estimate of drug-likeness (QED) is 0.175. The summed E-state index contributed by atoms with van der Waals surface area (Å²) in [6.07, 6.45) is -1.53. The van der Waals surface area contributed by atoms with Gasteiger partial charge in [-0.15, -0.1) is 0 Å². The third kappa shape index (κ3) is 10.7. The minimum Gasteiger partial charge on any atom is -0.481 e. The van der Waals surface area contributed by atoms with Crippen LogP contribution in [0.25, 0.3) is 0 Å². The molecule has 38 heavy (non-hydrogen) atoms. The molecule has 208 valence electrons. The summed E-state index contributed by atoms with van der Waals surface area (Å²) in [7, 11) is -1.89. The number of carboxylic acid groups (broad SMARTS) is 1. The van der Waals surface area contributed by atoms with Crippen molar-refractivity contribution < 1.29 is 38.6 Å². The number of esters is 1. The summed E-state index contributed by atoms with van der Waals surface area (Å²) in [5, 5.41) is 21.1. The van der Waals surface area contributed by atoms with Crippen LogP contribution >= 0.6 is 8.46 Å². The molecule has 0 fully saturated rings. The van der Waals surface area contributed by atoms with Crippen LogP contribution in [0, 0.1) is 5.92 Å². The molecule has 10 heteroatoms. The number of aliphatic carboxylic acids is 1. The van der Waals surface area contributed by atoms with Crippen molar-refractivity contribution in [2.24, 2.45) is 5.92 Å². The molecule has 0 saturated carbocycles. The molecule has 0 radical (unpaired) electrons. The number of carbonyl (C=O) groups is 3. The molecule has 0 aromatic heterocycles. The number of hydrogen-bond acceptors (Lipinski definition) is 7. The zero-order valence-corrected chi connectivity index (χ0v) is 23.2. The first-order valence-electron chi connectivity index (χ1n) is 12.6. The maximum atomic E-state index is 13.4. The maximum Gasteiger partial charge on any atom is 0.407 e. The highest BCUT2D eigenvalue weighted by Gasteiger charge is 2.42. The van der Waals surface area contributed by atoms with Gasteiger partial charge in [0.15, 0.2) is 0 Å². The van der Waals surface area contributed by atoms with E-state index in [1.165, 1.54) is 0 Å². The first-order chi connectivity index (χ1) is 17.9. The van der Waals surface area contributed by atoms with E-state index in [1.807, 2.05) is 60.7 Å². The van der Waals surface area contributed by atoms with E-state index >= 15 is 0 Å². The normalized spacial score (nSPS) is 14.8. The molecule has 4 atom stereocenters. The van der Waals surface area contributed by atoms with Gasteiger partial charge in [-0.3, -0.25) is 9.59 Å². The van der Waals surface area contributed by atoms with E-state index in [1.54, 1.807) is 20.8 Å². The van der Waals surface area contributed by atoms with Crippen LogP contribution in [-0.2, 0) is 30.0 Å². The fraction of sp³-hybridized carbons (Fsp3) is 0.464. The van der Waals surface area contributed by atoms with E-state index in [0.29, 0.717) is 6.42 Å². The van der Waals surface area contributed by atoms with Gasteiger partial charge in [-0.05, 0) is 51.2 Å². The first-order valence-corrected chi connectivity index (χ1v) is 13.6. The van der Waals surface area contributed by atoms with Crippen LogP contribution in [0.15, 0.2) is 60.7 Å². The number of carbonyl (C=O) groups excluding carboxylic acids is 2. The molecule has 9 nitrogen and oxygen atoms in total. The standard InChI is InChI=1S/C28H38NO8P/c1-27(2,3)37-26(33)29-18-10-17-28(34,38-35)22(15-16-24(30)31)25(32)36-23(21-13-8-5-9-14-21)19-20-11-6-4-7-12-20/h4-9,11-14,22-23,34H,10,15-19,38H2,1-3H3,(H,29,33)(H,30,31). The summed E-state index contributed by atoms with van der Waals surface area (Å²) in [4.78, 5) is 36.6. The second kappa shape index (κ2) is 14.7. The zero-order chi connectivity index (χ0) is 28.2. The predicted octanol–water partition coefficient (Wildman–Crippen LogP) is 4.74. The van der Waals surface area contributed by atoms with Crippen molar-refractivity contribution in [3.8, 4) is 0 Å². The average Bonchev–Trinajstić information content (AvgIpc) is 2.86. The second-order valence-electron chi connectivity index (χ2n) is 10.2. The van der Waals surface area contributed by atoms with Gasteiger partial charge in [0.1, 0.15) is 17.0 Å². The monoisotopic (exact) mass is 547 g/mol. The SMILES string of the molecule is CC(C)(C)OC(=O)NCCCC(O)([PH2]=O)C(CCC(=O)O)C(=O)OC(Cc1ccccc1)c1ccccc1. The molecule has 2 aromatic carbocycles. The molecular weight excluding hydrogens is 509 g/mol. The summed E-state index contributed by atoms with van der Waals surface area (Å²) in [5.41, 5.74) is 0.987. The van der Waals surface area contributed by atoms with Crippen LogP contribution in [0.5, 0.6) is 0 Å². The topological polar surface area (TPSA) is 139 Å². The van der Waals surface area contributed by atoms with E-state index in [9.17, 15) is 29.2 Å². The van der Waals surface area contributed by atoms with Crippen molar-refractivity contribution in [3.63, 3.8) is 0 Å². The average molecular weight is 548 g/mol. The second-order valence-corrected chi connectivity index (χ2v) is 11.4. The van der Waals surface area contributed by atoms with Crippen molar-refractivity contribution in [1.29, 1.82) is 0 Å². The number of hydrogen-bond donors (Lipinski definition) is 3. The highest BCUT2D eigenvalue weighted by Crippen LogP contribution is 2.38. The Morgan fingerprint density at radius 2 is 1.61 bits per heavy atom. The molecule has 1 amide bonds. The lowest BCUT2D eigenvalue weighted by atomic mass is 9.92. The molecule has 2 aromatic rings. The van der Waals surface area contributed by atoms with E-state index in [4.69, 9.17) is 9.47 Å². The lowest BCUT2D eigenvalue weighted by molar-refractivity contribution is -0.161. The molecule has 0 aliphatic heterocycles. The molecule has 0 heterocycles. The Bertz CT molecular complexity index is 1060. The Morgan fingerprint density at radius 1 is 1.00 bits per heavy atom. The summed E-state index contributed by atoms with van der Waals surface area (Å²) < 4.78 is 23.3. The van der Waals surface area contributed by atoms with Gasteiger partial charge in [0.2, 0.25) is 0 Å². The van der Waals surface area contributed by atoms with Gasteiger partial charge < -0.3 is 29.6 Å².